The van der Waals surface area contributed by atoms with Crippen LogP contribution in [0, 0.1) is 0 Å². The number of nitrogens with zero attached hydrogens (tertiary/aromatic N) is 1. The van der Waals surface area contributed by atoms with Gasteiger partial charge in [-0.3, -0.25) is 4.98 Å². The van der Waals surface area contributed by atoms with Gasteiger partial charge in [0, 0.05) is 6.20 Å². The van der Waals surface area contributed by atoms with Gasteiger partial charge in [0.15, 0.2) is 0 Å². The largest absolute Gasteiger partial charge is 0.302 e. The third-order valence-corrected chi connectivity index (χ3v) is 1.22. The average molecular weight is 159 g/mol. The summed E-state index contributed by atoms with van der Waals surface area (Å²) in [6.07, 6.45) is 3.49. The first-order chi connectivity index (χ1) is 4.47. The van der Waals surface area contributed by atoms with Crippen LogP contribution < -0.4 is 16.4 Å². The molecule has 0 saturated carbocycles. The molecule has 2 rings (SSSR count). The molecular weight excluding hydrogens is 152 g/mol. The number of hydrogen-bond donors (Lipinski definition) is 3. The van der Waals surface area contributed by atoms with Crippen LogP contribution in [0.5, 0.6) is 0 Å². The summed E-state index contributed by atoms with van der Waals surface area (Å²) in [4.78, 5) is 3.91. The molecule has 5 heteroatoms. The highest BCUT2D eigenvalue weighted by Gasteiger charge is 2.05. The fourth-order valence-electron chi connectivity index (χ4n) is 0.769. The van der Waals surface area contributed by atoms with Crippen LogP contribution in [0.25, 0.3) is 0 Å². The summed E-state index contributed by atoms with van der Waals surface area (Å²) in [6, 6.07) is 1.89. The van der Waals surface area contributed by atoms with Gasteiger partial charge in [0.2, 0.25) is 0 Å². The van der Waals surface area contributed by atoms with Crippen LogP contribution in [0.15, 0.2) is 18.5 Å². The van der Waals surface area contributed by atoms with Crippen molar-refractivity contribution in [2.75, 3.05) is 10.9 Å². The maximum Gasteiger partial charge on any atom is 0.0934 e. The number of fused-ring (bicyclic) bond motifs is 1. The van der Waals surface area contributed by atoms with E-state index in [4.69, 9.17) is 0 Å². The highest BCUT2D eigenvalue weighted by atomic mass is 35.5. The number of hydrogen-bond acceptors (Lipinski definition) is 4. The lowest BCUT2D eigenvalue weighted by atomic mass is 10.4. The number of hydrazine groups is 2. The van der Waals surface area contributed by atoms with Crippen molar-refractivity contribution < 1.29 is 0 Å². The number of nitrogens with one attached hydrogen (secondary N) is 3. The Morgan fingerprint density at radius 2 is 2.00 bits per heavy atom. The van der Waals surface area contributed by atoms with Crippen molar-refractivity contribution in [1.82, 2.24) is 10.5 Å². The fourth-order valence-corrected chi connectivity index (χ4v) is 0.769. The van der Waals surface area contributed by atoms with E-state index in [1.54, 1.807) is 12.4 Å². The molecule has 1 aromatic heterocycles. The van der Waals surface area contributed by atoms with Crippen LogP contribution in [0.2, 0.25) is 0 Å². The van der Waals surface area contributed by atoms with Crippen LogP contribution >= 0.6 is 12.4 Å². The molecule has 1 aliphatic heterocycles. The molecule has 0 aliphatic carbocycles. The minimum absolute atomic E-state index is 0. The zero-order chi connectivity index (χ0) is 6.10. The van der Waals surface area contributed by atoms with E-state index < -0.39 is 0 Å². The van der Waals surface area contributed by atoms with Crippen LogP contribution in [-0.4, -0.2) is 4.98 Å². The molecule has 1 aliphatic rings. The molecule has 0 radical (unpaired) electrons. The highest BCUT2D eigenvalue weighted by Crippen LogP contribution is 2.20. The molecule has 54 valence electrons. The van der Waals surface area contributed by atoms with Crippen molar-refractivity contribution >= 4 is 23.8 Å². The van der Waals surface area contributed by atoms with Gasteiger partial charge in [0.25, 0.3) is 0 Å². The Labute approximate surface area is 64.4 Å². The summed E-state index contributed by atoms with van der Waals surface area (Å²) in [5.74, 6) is 0. The maximum absolute atomic E-state index is 3.91. The van der Waals surface area contributed by atoms with E-state index in [0.29, 0.717) is 0 Å². The maximum atomic E-state index is 3.91. The Morgan fingerprint density at radius 1 is 1.20 bits per heavy atom. The normalized spacial score (nSPS) is 12.4. The van der Waals surface area contributed by atoms with E-state index in [-0.39, 0.29) is 12.4 Å². The minimum Gasteiger partial charge on any atom is -0.302 e. The molecule has 0 saturated heterocycles. The van der Waals surface area contributed by atoms with Gasteiger partial charge in [-0.25, -0.2) is 0 Å². The molecule has 10 heavy (non-hydrogen) atoms. The molecule has 0 unspecified atom stereocenters. The Kier molecular flexibility index (Phi) is 1.94. The van der Waals surface area contributed by atoms with Gasteiger partial charge in [0.1, 0.15) is 0 Å². The number of pyridine rings is 1. The van der Waals surface area contributed by atoms with Crippen LogP contribution in [0.3, 0.4) is 0 Å². The summed E-state index contributed by atoms with van der Waals surface area (Å²) in [5.41, 5.74) is 10.5. The van der Waals surface area contributed by atoms with E-state index >= 15 is 0 Å². The Bertz CT molecular complexity index is 204. The number of anilines is 2. The van der Waals surface area contributed by atoms with Gasteiger partial charge in [-0.2, -0.15) is 0 Å². The van der Waals surface area contributed by atoms with E-state index in [0.717, 1.165) is 11.4 Å². The zero-order valence-corrected chi connectivity index (χ0v) is 5.90. The van der Waals surface area contributed by atoms with Gasteiger partial charge >= 0.3 is 0 Å². The molecule has 0 bridgehead atoms. The first kappa shape index (κ1) is 7.11. The zero-order valence-electron chi connectivity index (χ0n) is 5.09. The summed E-state index contributed by atoms with van der Waals surface area (Å²) in [6.45, 7) is 0. The Hall–Kier alpha value is -1.00. The van der Waals surface area contributed by atoms with E-state index in [9.17, 15) is 0 Å². The van der Waals surface area contributed by atoms with Crippen molar-refractivity contribution in [3.05, 3.63) is 18.5 Å². The first-order valence-electron chi connectivity index (χ1n) is 2.68. The molecule has 1 aromatic rings. The van der Waals surface area contributed by atoms with E-state index in [1.807, 2.05) is 6.07 Å². The number of rotatable bonds is 0. The van der Waals surface area contributed by atoms with Gasteiger partial charge in [-0.15, -0.1) is 17.9 Å². The van der Waals surface area contributed by atoms with Gasteiger partial charge < -0.3 is 10.9 Å². The highest BCUT2D eigenvalue weighted by molar-refractivity contribution is 5.85. The van der Waals surface area contributed by atoms with Crippen molar-refractivity contribution in [1.29, 1.82) is 0 Å². The third kappa shape index (κ3) is 0.984. The fraction of sp³-hybridized carbons (Fsp3) is 0. The second-order valence-corrected chi connectivity index (χ2v) is 1.80. The van der Waals surface area contributed by atoms with Crippen LogP contribution in [0.1, 0.15) is 0 Å². The summed E-state index contributed by atoms with van der Waals surface area (Å²) in [7, 11) is 0. The number of halogens is 1. The third-order valence-electron chi connectivity index (χ3n) is 1.22. The SMILES string of the molecule is Cl.c1cc2c(cn1)NNN2. The standard InChI is InChI=1S/C5H6N4.ClH/c1-2-6-3-5-4(1)7-9-8-5;/h1-3,7-9H;1H. The smallest absolute Gasteiger partial charge is 0.0934 e. The second kappa shape index (κ2) is 2.72. The topological polar surface area (TPSA) is 49.0 Å². The molecule has 0 aromatic carbocycles. The molecular formula is C5H7ClN4. The van der Waals surface area contributed by atoms with Crippen LogP contribution in [-0.2, 0) is 0 Å². The summed E-state index contributed by atoms with van der Waals surface area (Å²) in [5, 5.41) is 0. The molecule has 3 N–H and O–H groups in total. The Morgan fingerprint density at radius 3 is 2.80 bits per heavy atom. The molecule has 0 amide bonds. The second-order valence-electron chi connectivity index (χ2n) is 1.80. The molecule has 0 spiro atoms. The average Bonchev–Trinajstić information content (AvgIpc) is 2.33. The summed E-state index contributed by atoms with van der Waals surface area (Å²) >= 11 is 0. The minimum atomic E-state index is 0. The monoisotopic (exact) mass is 158 g/mol. The van der Waals surface area contributed by atoms with E-state index in [2.05, 4.69) is 21.4 Å². The lowest BCUT2D eigenvalue weighted by Gasteiger charge is -1.90. The first-order valence-corrected chi connectivity index (χ1v) is 2.68. The van der Waals surface area contributed by atoms with E-state index in [1.165, 1.54) is 0 Å². The molecule has 4 nitrogen and oxygen atoms in total. The number of aromatic nitrogens is 1. The Balaban J connectivity index is 0.000000500. The van der Waals surface area contributed by atoms with Crippen molar-refractivity contribution in [3.8, 4) is 0 Å². The molecule has 0 fully saturated rings. The predicted molar refractivity (Wildman–Crippen MR) is 41.9 cm³/mol. The van der Waals surface area contributed by atoms with Crippen molar-refractivity contribution in [2.24, 2.45) is 0 Å². The van der Waals surface area contributed by atoms with Crippen molar-refractivity contribution in [3.63, 3.8) is 0 Å². The lowest BCUT2D eigenvalue weighted by Crippen LogP contribution is -2.19. The lowest BCUT2D eigenvalue weighted by molar-refractivity contribution is 1.01. The van der Waals surface area contributed by atoms with Gasteiger partial charge in [-0.05, 0) is 6.07 Å². The molecule has 2 heterocycles. The molecule has 0 atom stereocenters. The van der Waals surface area contributed by atoms with Crippen molar-refractivity contribution in [2.45, 2.75) is 0 Å². The van der Waals surface area contributed by atoms with Crippen LogP contribution in [0.4, 0.5) is 11.4 Å². The quantitative estimate of drug-likeness (QED) is 0.522. The predicted octanol–water partition coefficient (Wildman–Crippen LogP) is 0.760. The van der Waals surface area contributed by atoms with Gasteiger partial charge in [0.05, 0.1) is 17.6 Å². The van der Waals surface area contributed by atoms with Gasteiger partial charge in [-0.1, -0.05) is 0 Å². The summed E-state index contributed by atoms with van der Waals surface area (Å²) < 4.78 is 0.